The normalized spacial score (nSPS) is 9.93. The van der Waals surface area contributed by atoms with Crippen LogP contribution in [0.3, 0.4) is 0 Å². The predicted molar refractivity (Wildman–Crippen MR) is 50.4 cm³/mol. The zero-order valence-electron chi connectivity index (χ0n) is 8.52. The lowest BCUT2D eigenvalue weighted by atomic mass is 10.3. The van der Waals surface area contributed by atoms with E-state index in [1.807, 2.05) is 6.07 Å². The molecule has 5 nitrogen and oxygen atoms in total. The van der Waals surface area contributed by atoms with E-state index in [1.54, 1.807) is 25.0 Å². The van der Waals surface area contributed by atoms with Crippen molar-refractivity contribution >= 4 is 11.7 Å². The smallest absolute Gasteiger partial charge is 0.289 e. The molecule has 0 aliphatic rings. The number of nitrogens with zero attached hydrogens (tertiary/aromatic N) is 3. The number of likely N-dealkylation sites (N-methyl/N-ethyl adjacent to an activating group) is 1. The Morgan fingerprint density at radius 2 is 2.21 bits per heavy atom. The third-order valence-corrected chi connectivity index (χ3v) is 1.82. The average Bonchev–Trinajstić information content (AvgIpc) is 2.49. The maximum absolute atomic E-state index is 11.2. The van der Waals surface area contributed by atoms with Crippen LogP contribution in [0.1, 0.15) is 12.6 Å². The van der Waals surface area contributed by atoms with Crippen molar-refractivity contribution in [3.8, 4) is 0 Å². The minimum absolute atomic E-state index is 0.360. The second-order valence-electron chi connectivity index (χ2n) is 3.20. The van der Waals surface area contributed by atoms with Gasteiger partial charge in [-0.1, -0.05) is 0 Å². The molecular weight excluding hydrogens is 182 g/mol. The molecule has 1 aromatic rings. The number of hydrogen-bond donors (Lipinski definition) is 0. The van der Waals surface area contributed by atoms with E-state index < -0.39 is 11.7 Å². The Morgan fingerprint density at radius 1 is 1.57 bits per heavy atom. The van der Waals surface area contributed by atoms with Crippen molar-refractivity contribution in [3.05, 3.63) is 18.0 Å². The lowest BCUT2D eigenvalue weighted by molar-refractivity contribution is -0.143. The van der Waals surface area contributed by atoms with Crippen LogP contribution in [0.25, 0.3) is 0 Å². The van der Waals surface area contributed by atoms with Gasteiger partial charge in [0, 0.05) is 27.2 Å². The number of hydrogen-bond acceptors (Lipinski definition) is 3. The summed E-state index contributed by atoms with van der Waals surface area (Å²) in [6.07, 6.45) is 1.79. The van der Waals surface area contributed by atoms with Gasteiger partial charge < -0.3 is 4.90 Å². The molecule has 14 heavy (non-hydrogen) atoms. The van der Waals surface area contributed by atoms with Gasteiger partial charge in [0.25, 0.3) is 5.91 Å². The molecule has 1 amide bonds. The van der Waals surface area contributed by atoms with Crippen LogP contribution in [0.15, 0.2) is 12.3 Å². The highest BCUT2D eigenvalue weighted by Gasteiger charge is 2.14. The highest BCUT2D eigenvalue weighted by Crippen LogP contribution is 1.99. The Balaban J connectivity index is 2.61. The Labute approximate surface area is 82.3 Å². The zero-order valence-corrected chi connectivity index (χ0v) is 8.52. The highest BCUT2D eigenvalue weighted by molar-refractivity contribution is 6.34. The Kier molecular flexibility index (Phi) is 3.01. The van der Waals surface area contributed by atoms with Gasteiger partial charge in [-0.25, -0.2) is 0 Å². The summed E-state index contributed by atoms with van der Waals surface area (Å²) in [4.78, 5) is 23.3. The van der Waals surface area contributed by atoms with Gasteiger partial charge in [0.15, 0.2) is 0 Å². The number of aromatic nitrogens is 2. The number of amides is 1. The van der Waals surface area contributed by atoms with Crippen molar-refractivity contribution in [2.75, 3.05) is 7.05 Å². The molecule has 1 aromatic heterocycles. The average molecular weight is 195 g/mol. The standard InChI is InChI=1S/C9H13N3O2/c1-7(13)9(14)11(2)6-8-4-5-12(3)10-8/h4-5H,6H2,1-3H3. The molecule has 0 spiro atoms. The van der Waals surface area contributed by atoms with E-state index in [0.717, 1.165) is 5.69 Å². The van der Waals surface area contributed by atoms with Gasteiger partial charge in [0.1, 0.15) is 0 Å². The van der Waals surface area contributed by atoms with Gasteiger partial charge in [-0.15, -0.1) is 0 Å². The second kappa shape index (κ2) is 4.04. The third kappa shape index (κ3) is 2.42. The molecule has 0 saturated heterocycles. The molecule has 0 aliphatic heterocycles. The van der Waals surface area contributed by atoms with Crippen molar-refractivity contribution < 1.29 is 9.59 Å². The first-order valence-corrected chi connectivity index (χ1v) is 4.25. The van der Waals surface area contributed by atoms with Crippen LogP contribution >= 0.6 is 0 Å². The number of rotatable bonds is 3. The van der Waals surface area contributed by atoms with Crippen LogP contribution in [-0.2, 0) is 23.2 Å². The summed E-state index contributed by atoms with van der Waals surface area (Å²) in [5.74, 6) is -0.945. The number of carbonyl (C=O) groups excluding carboxylic acids is 2. The van der Waals surface area contributed by atoms with Gasteiger partial charge in [-0.05, 0) is 6.07 Å². The molecule has 0 saturated carbocycles. The van der Waals surface area contributed by atoms with Gasteiger partial charge in [0.05, 0.1) is 12.2 Å². The van der Waals surface area contributed by atoms with Crippen LogP contribution in [0.2, 0.25) is 0 Å². The van der Waals surface area contributed by atoms with Crippen LogP contribution in [0.4, 0.5) is 0 Å². The van der Waals surface area contributed by atoms with Crippen LogP contribution < -0.4 is 0 Å². The monoisotopic (exact) mass is 195 g/mol. The van der Waals surface area contributed by atoms with Crippen molar-refractivity contribution in [3.63, 3.8) is 0 Å². The van der Waals surface area contributed by atoms with Crippen molar-refractivity contribution in [2.24, 2.45) is 7.05 Å². The summed E-state index contributed by atoms with van der Waals surface area (Å²) in [6, 6.07) is 1.81. The van der Waals surface area contributed by atoms with Gasteiger partial charge in [-0.3, -0.25) is 14.3 Å². The van der Waals surface area contributed by atoms with Gasteiger partial charge in [-0.2, -0.15) is 5.10 Å². The van der Waals surface area contributed by atoms with E-state index >= 15 is 0 Å². The van der Waals surface area contributed by atoms with Gasteiger partial charge in [0.2, 0.25) is 5.78 Å². The lowest BCUT2D eigenvalue weighted by Crippen LogP contribution is -2.31. The number of ketones is 1. The third-order valence-electron chi connectivity index (χ3n) is 1.82. The molecule has 0 bridgehead atoms. The minimum Gasteiger partial charge on any atom is -0.333 e. The molecule has 0 fully saturated rings. The summed E-state index contributed by atoms with van der Waals surface area (Å²) < 4.78 is 1.65. The first-order valence-electron chi connectivity index (χ1n) is 4.25. The molecule has 76 valence electrons. The second-order valence-corrected chi connectivity index (χ2v) is 3.20. The molecule has 0 aromatic carbocycles. The Hall–Kier alpha value is -1.65. The molecule has 5 heteroatoms. The molecule has 1 heterocycles. The van der Waals surface area contributed by atoms with Crippen LogP contribution in [-0.4, -0.2) is 33.4 Å². The fraction of sp³-hybridized carbons (Fsp3) is 0.444. The van der Waals surface area contributed by atoms with Crippen molar-refractivity contribution in [2.45, 2.75) is 13.5 Å². The topological polar surface area (TPSA) is 55.2 Å². The minimum atomic E-state index is -0.490. The number of Topliss-reactive ketones (excluding diaryl/α,β-unsaturated/α-hetero) is 1. The molecule has 1 rings (SSSR count). The summed E-state index contributed by atoms with van der Waals surface area (Å²) >= 11 is 0. The lowest BCUT2D eigenvalue weighted by Gasteiger charge is -2.13. The predicted octanol–water partition coefficient (Wildman–Crippen LogP) is -0.0325. The van der Waals surface area contributed by atoms with Crippen molar-refractivity contribution in [1.29, 1.82) is 0 Å². The van der Waals surface area contributed by atoms with E-state index in [1.165, 1.54) is 11.8 Å². The van der Waals surface area contributed by atoms with E-state index in [0.29, 0.717) is 6.54 Å². The summed E-state index contributed by atoms with van der Waals surface area (Å²) in [5, 5.41) is 4.10. The Morgan fingerprint density at radius 3 is 2.64 bits per heavy atom. The first-order chi connectivity index (χ1) is 6.50. The summed E-state index contributed by atoms with van der Waals surface area (Å²) in [7, 11) is 3.38. The zero-order chi connectivity index (χ0) is 10.7. The maximum Gasteiger partial charge on any atom is 0.289 e. The van der Waals surface area contributed by atoms with Crippen molar-refractivity contribution in [1.82, 2.24) is 14.7 Å². The largest absolute Gasteiger partial charge is 0.333 e. The molecule has 0 aliphatic carbocycles. The highest BCUT2D eigenvalue weighted by atomic mass is 16.2. The van der Waals surface area contributed by atoms with E-state index in [9.17, 15) is 9.59 Å². The van der Waals surface area contributed by atoms with Crippen LogP contribution in [0, 0.1) is 0 Å². The van der Waals surface area contributed by atoms with E-state index in [2.05, 4.69) is 5.10 Å². The molecule has 0 N–H and O–H groups in total. The fourth-order valence-corrected chi connectivity index (χ4v) is 1.13. The van der Waals surface area contributed by atoms with Gasteiger partial charge >= 0.3 is 0 Å². The van der Waals surface area contributed by atoms with Crippen LogP contribution in [0.5, 0.6) is 0 Å². The first kappa shape index (κ1) is 10.4. The maximum atomic E-state index is 11.2. The summed E-state index contributed by atoms with van der Waals surface area (Å²) in [6.45, 7) is 1.62. The number of aryl methyl sites for hydroxylation is 1. The molecular formula is C9H13N3O2. The number of carbonyl (C=O) groups is 2. The van der Waals surface area contributed by atoms with E-state index in [-0.39, 0.29) is 0 Å². The fourth-order valence-electron chi connectivity index (χ4n) is 1.13. The SMILES string of the molecule is CC(=O)C(=O)N(C)Cc1ccn(C)n1. The summed E-state index contributed by atoms with van der Waals surface area (Å²) in [5.41, 5.74) is 0.768. The quantitative estimate of drug-likeness (QED) is 0.636. The van der Waals surface area contributed by atoms with E-state index in [4.69, 9.17) is 0 Å². The molecule has 0 atom stereocenters. The molecule has 0 radical (unpaired) electrons. The Bertz CT molecular complexity index is 357. The molecule has 0 unspecified atom stereocenters.